The highest BCUT2D eigenvalue weighted by Gasteiger charge is 2.17. The number of aliphatic hydroxyl groups is 1. The Balaban J connectivity index is 1.96. The summed E-state index contributed by atoms with van der Waals surface area (Å²) in [7, 11) is 3.27. The molecule has 118 valence electrons. The van der Waals surface area contributed by atoms with Crippen molar-refractivity contribution in [1.82, 2.24) is 4.90 Å². The molecule has 2 rings (SSSR count). The van der Waals surface area contributed by atoms with Gasteiger partial charge in [-0.25, -0.2) is 0 Å². The number of nitrogens with zero attached hydrogens (tertiary/aromatic N) is 1. The van der Waals surface area contributed by atoms with Gasteiger partial charge in [-0.05, 0) is 50.6 Å². The van der Waals surface area contributed by atoms with Gasteiger partial charge in [0.05, 0.1) is 20.3 Å². The lowest BCUT2D eigenvalue weighted by Crippen LogP contribution is -2.27. The monoisotopic (exact) mass is 293 g/mol. The van der Waals surface area contributed by atoms with Crippen molar-refractivity contribution in [2.45, 2.75) is 38.2 Å². The first-order valence-corrected chi connectivity index (χ1v) is 7.87. The first-order chi connectivity index (χ1) is 10.2. The van der Waals surface area contributed by atoms with Crippen molar-refractivity contribution in [3.05, 3.63) is 23.8 Å². The first kappa shape index (κ1) is 16.1. The molecule has 21 heavy (non-hydrogen) atoms. The number of benzene rings is 1. The standard InChI is InChI=1S/C17H27NO3/c1-20-14-7-8-17(21-2)15(13-14)16(19)9-12-18-10-5-3-4-6-11-18/h7-8,13,16,19H,3-6,9-12H2,1-2H3. The molecule has 1 aliphatic rings. The van der Waals surface area contributed by atoms with E-state index in [-0.39, 0.29) is 0 Å². The molecule has 1 aromatic carbocycles. The molecule has 0 spiro atoms. The Bertz CT molecular complexity index is 428. The molecule has 0 radical (unpaired) electrons. The molecule has 1 N–H and O–H groups in total. The van der Waals surface area contributed by atoms with Crippen LogP contribution in [0.25, 0.3) is 0 Å². The molecule has 1 aromatic rings. The number of hydrogen-bond donors (Lipinski definition) is 1. The van der Waals surface area contributed by atoms with E-state index in [4.69, 9.17) is 9.47 Å². The summed E-state index contributed by atoms with van der Waals surface area (Å²) >= 11 is 0. The van der Waals surface area contributed by atoms with Crippen LogP contribution >= 0.6 is 0 Å². The molecular weight excluding hydrogens is 266 g/mol. The van der Waals surface area contributed by atoms with Crippen LogP contribution in [-0.4, -0.2) is 43.9 Å². The number of methoxy groups -OCH3 is 2. The van der Waals surface area contributed by atoms with Gasteiger partial charge in [-0.2, -0.15) is 0 Å². The second-order valence-corrected chi connectivity index (χ2v) is 5.67. The van der Waals surface area contributed by atoms with Crippen LogP contribution < -0.4 is 9.47 Å². The highest BCUT2D eigenvalue weighted by atomic mass is 16.5. The molecule has 1 saturated heterocycles. The summed E-state index contributed by atoms with van der Waals surface area (Å²) in [4.78, 5) is 2.46. The van der Waals surface area contributed by atoms with Crippen LogP contribution in [-0.2, 0) is 0 Å². The number of rotatable bonds is 6. The van der Waals surface area contributed by atoms with Gasteiger partial charge in [0, 0.05) is 12.1 Å². The van der Waals surface area contributed by atoms with Crippen LogP contribution in [0.3, 0.4) is 0 Å². The summed E-state index contributed by atoms with van der Waals surface area (Å²) in [5.41, 5.74) is 0.812. The van der Waals surface area contributed by atoms with Gasteiger partial charge in [0.25, 0.3) is 0 Å². The van der Waals surface area contributed by atoms with E-state index in [1.807, 2.05) is 18.2 Å². The molecule has 0 bridgehead atoms. The molecule has 1 fully saturated rings. The Hall–Kier alpha value is -1.26. The third-order valence-corrected chi connectivity index (χ3v) is 4.21. The highest BCUT2D eigenvalue weighted by Crippen LogP contribution is 2.31. The van der Waals surface area contributed by atoms with E-state index in [0.29, 0.717) is 0 Å². The minimum Gasteiger partial charge on any atom is -0.497 e. The van der Waals surface area contributed by atoms with Crippen molar-refractivity contribution in [1.29, 1.82) is 0 Å². The maximum atomic E-state index is 10.5. The fraction of sp³-hybridized carbons (Fsp3) is 0.647. The van der Waals surface area contributed by atoms with Crippen molar-refractivity contribution in [3.8, 4) is 11.5 Å². The zero-order chi connectivity index (χ0) is 15.1. The molecule has 0 amide bonds. The molecule has 1 heterocycles. The van der Waals surface area contributed by atoms with Crippen LogP contribution in [0.4, 0.5) is 0 Å². The largest absolute Gasteiger partial charge is 0.497 e. The van der Waals surface area contributed by atoms with Crippen molar-refractivity contribution in [3.63, 3.8) is 0 Å². The lowest BCUT2D eigenvalue weighted by molar-refractivity contribution is 0.139. The van der Waals surface area contributed by atoms with Gasteiger partial charge in [0.2, 0.25) is 0 Å². The predicted octanol–water partition coefficient (Wildman–Crippen LogP) is 3.00. The van der Waals surface area contributed by atoms with Crippen molar-refractivity contribution in [2.75, 3.05) is 33.9 Å². The third kappa shape index (κ3) is 4.61. The first-order valence-electron chi connectivity index (χ1n) is 7.87. The van der Waals surface area contributed by atoms with Crippen LogP contribution in [0.2, 0.25) is 0 Å². The van der Waals surface area contributed by atoms with Gasteiger partial charge in [-0.1, -0.05) is 12.8 Å². The summed E-state index contributed by atoms with van der Waals surface area (Å²) in [5.74, 6) is 1.47. The molecule has 4 heteroatoms. The van der Waals surface area contributed by atoms with Gasteiger partial charge in [-0.15, -0.1) is 0 Å². The van der Waals surface area contributed by atoms with Gasteiger partial charge >= 0.3 is 0 Å². The van der Waals surface area contributed by atoms with E-state index in [2.05, 4.69) is 4.90 Å². The Morgan fingerprint density at radius 3 is 2.43 bits per heavy atom. The summed E-state index contributed by atoms with van der Waals surface area (Å²) < 4.78 is 10.6. The Morgan fingerprint density at radius 1 is 1.10 bits per heavy atom. The lowest BCUT2D eigenvalue weighted by Gasteiger charge is -2.22. The van der Waals surface area contributed by atoms with Gasteiger partial charge < -0.3 is 19.5 Å². The Morgan fingerprint density at radius 2 is 1.81 bits per heavy atom. The SMILES string of the molecule is COc1ccc(OC)c(C(O)CCN2CCCCCC2)c1. The van der Waals surface area contributed by atoms with Crippen molar-refractivity contribution >= 4 is 0 Å². The van der Waals surface area contributed by atoms with Gasteiger partial charge in [0.1, 0.15) is 11.5 Å². The number of likely N-dealkylation sites (tertiary alicyclic amines) is 1. The number of aliphatic hydroxyl groups excluding tert-OH is 1. The molecule has 4 nitrogen and oxygen atoms in total. The summed E-state index contributed by atoms with van der Waals surface area (Å²) in [6, 6.07) is 5.57. The van der Waals surface area contributed by atoms with Crippen LogP contribution in [0, 0.1) is 0 Å². The zero-order valence-electron chi connectivity index (χ0n) is 13.2. The molecule has 1 aliphatic heterocycles. The lowest BCUT2D eigenvalue weighted by atomic mass is 10.0. The van der Waals surface area contributed by atoms with E-state index in [1.54, 1.807) is 14.2 Å². The van der Waals surface area contributed by atoms with Gasteiger partial charge in [0.15, 0.2) is 0 Å². The maximum Gasteiger partial charge on any atom is 0.124 e. The predicted molar refractivity (Wildman–Crippen MR) is 84.0 cm³/mol. The molecule has 1 atom stereocenters. The summed E-state index contributed by atoms with van der Waals surface area (Å²) in [5, 5.41) is 10.5. The number of ether oxygens (including phenoxy) is 2. The average molecular weight is 293 g/mol. The van der Waals surface area contributed by atoms with Crippen LogP contribution in [0.1, 0.15) is 43.8 Å². The Labute approximate surface area is 127 Å². The zero-order valence-corrected chi connectivity index (χ0v) is 13.2. The minimum atomic E-state index is -0.515. The number of hydrogen-bond acceptors (Lipinski definition) is 4. The second kappa shape index (κ2) is 8.25. The Kier molecular flexibility index (Phi) is 6.33. The van der Waals surface area contributed by atoms with E-state index in [1.165, 1.54) is 25.7 Å². The molecule has 0 aromatic heterocycles. The average Bonchev–Trinajstić information content (AvgIpc) is 2.80. The summed E-state index contributed by atoms with van der Waals surface area (Å²) in [6.07, 6.45) is 5.44. The van der Waals surface area contributed by atoms with E-state index in [0.717, 1.165) is 43.1 Å². The molecule has 0 aliphatic carbocycles. The molecule has 0 saturated carbocycles. The van der Waals surface area contributed by atoms with Crippen molar-refractivity contribution < 1.29 is 14.6 Å². The normalized spacial score (nSPS) is 18.0. The van der Waals surface area contributed by atoms with E-state index < -0.39 is 6.10 Å². The second-order valence-electron chi connectivity index (χ2n) is 5.67. The fourth-order valence-electron chi connectivity index (χ4n) is 2.92. The molecule has 1 unspecified atom stereocenters. The smallest absolute Gasteiger partial charge is 0.124 e. The maximum absolute atomic E-state index is 10.5. The quantitative estimate of drug-likeness (QED) is 0.875. The highest BCUT2D eigenvalue weighted by molar-refractivity contribution is 5.41. The molecular formula is C17H27NO3. The van der Waals surface area contributed by atoms with Gasteiger partial charge in [-0.3, -0.25) is 0 Å². The minimum absolute atomic E-state index is 0.515. The fourth-order valence-corrected chi connectivity index (χ4v) is 2.92. The third-order valence-electron chi connectivity index (χ3n) is 4.21. The van der Waals surface area contributed by atoms with Crippen LogP contribution in [0.5, 0.6) is 11.5 Å². The topological polar surface area (TPSA) is 41.9 Å². The van der Waals surface area contributed by atoms with E-state index in [9.17, 15) is 5.11 Å². The summed E-state index contributed by atoms with van der Waals surface area (Å²) in [6.45, 7) is 3.24. The van der Waals surface area contributed by atoms with Crippen molar-refractivity contribution in [2.24, 2.45) is 0 Å². The van der Waals surface area contributed by atoms with E-state index >= 15 is 0 Å². The van der Waals surface area contributed by atoms with Crippen LogP contribution in [0.15, 0.2) is 18.2 Å².